The predicted octanol–water partition coefficient (Wildman–Crippen LogP) is 3.77. The average Bonchev–Trinajstić information content (AvgIpc) is 3.10. The van der Waals surface area contributed by atoms with Gasteiger partial charge in [-0.2, -0.15) is 0 Å². The molecular formula is C21H31N3O2. The van der Waals surface area contributed by atoms with E-state index in [2.05, 4.69) is 11.4 Å². The van der Waals surface area contributed by atoms with E-state index >= 15 is 0 Å². The smallest absolute Gasteiger partial charge is 0.318 e. The van der Waals surface area contributed by atoms with Crippen LogP contribution in [-0.2, 0) is 4.79 Å². The maximum atomic E-state index is 13.1. The summed E-state index contributed by atoms with van der Waals surface area (Å²) >= 11 is 0. The summed E-state index contributed by atoms with van der Waals surface area (Å²) in [6.45, 7) is 4.73. The summed E-state index contributed by atoms with van der Waals surface area (Å²) in [6, 6.07) is 5.98. The number of aryl methyl sites for hydroxylation is 2. The fourth-order valence-corrected chi connectivity index (χ4v) is 4.27. The quantitative estimate of drug-likeness (QED) is 0.895. The third-order valence-electron chi connectivity index (χ3n) is 5.66. The summed E-state index contributed by atoms with van der Waals surface area (Å²) in [5.41, 5.74) is 3.17. The summed E-state index contributed by atoms with van der Waals surface area (Å²) < 4.78 is 0. The molecule has 5 nitrogen and oxygen atoms in total. The maximum Gasteiger partial charge on any atom is 0.318 e. The normalized spacial score (nSPS) is 20.9. The Bertz CT molecular complexity index is 647. The zero-order chi connectivity index (χ0) is 18.7. The second-order valence-electron chi connectivity index (χ2n) is 7.88. The van der Waals surface area contributed by atoms with Crippen molar-refractivity contribution in [3.63, 3.8) is 0 Å². The van der Waals surface area contributed by atoms with Gasteiger partial charge in [0, 0.05) is 25.3 Å². The summed E-state index contributed by atoms with van der Waals surface area (Å²) in [7, 11) is 1.81. The van der Waals surface area contributed by atoms with Crippen molar-refractivity contribution in [2.45, 2.75) is 70.9 Å². The molecule has 0 bridgehead atoms. The molecule has 1 aliphatic heterocycles. The molecular weight excluding hydrogens is 326 g/mol. The first-order valence-corrected chi connectivity index (χ1v) is 9.88. The van der Waals surface area contributed by atoms with Crippen LogP contribution in [0.15, 0.2) is 18.2 Å². The van der Waals surface area contributed by atoms with E-state index in [1.165, 1.54) is 19.3 Å². The van der Waals surface area contributed by atoms with E-state index in [9.17, 15) is 9.59 Å². The van der Waals surface area contributed by atoms with Crippen LogP contribution in [-0.4, -0.2) is 42.5 Å². The van der Waals surface area contributed by atoms with Gasteiger partial charge in [0.1, 0.15) is 6.04 Å². The summed E-state index contributed by atoms with van der Waals surface area (Å²) in [5.74, 6) is 0.00583. The minimum Gasteiger partial charge on any atom is -0.335 e. The van der Waals surface area contributed by atoms with E-state index in [0.717, 1.165) is 42.5 Å². The monoisotopic (exact) mass is 357 g/mol. The van der Waals surface area contributed by atoms with Crippen LogP contribution in [0.1, 0.15) is 56.1 Å². The second kappa shape index (κ2) is 8.11. The number of urea groups is 1. The Morgan fingerprint density at radius 1 is 1.00 bits per heavy atom. The van der Waals surface area contributed by atoms with Crippen molar-refractivity contribution in [2.75, 3.05) is 18.5 Å². The van der Waals surface area contributed by atoms with Gasteiger partial charge >= 0.3 is 6.03 Å². The molecule has 1 atom stereocenters. The molecule has 1 aromatic carbocycles. The molecule has 0 unspecified atom stereocenters. The van der Waals surface area contributed by atoms with Gasteiger partial charge in [-0.3, -0.25) is 4.79 Å². The van der Waals surface area contributed by atoms with Crippen LogP contribution in [0.5, 0.6) is 0 Å². The van der Waals surface area contributed by atoms with Gasteiger partial charge in [0.15, 0.2) is 0 Å². The Morgan fingerprint density at radius 3 is 2.31 bits per heavy atom. The molecule has 1 aliphatic carbocycles. The largest absolute Gasteiger partial charge is 0.335 e. The first-order chi connectivity index (χ1) is 12.5. The number of carbonyl (C=O) groups is 2. The SMILES string of the molecule is Cc1cc(C)cc(N(C)C(=O)[C@H]2CCCN2C(=O)NC2CCCCC2)c1. The van der Waals surface area contributed by atoms with Gasteiger partial charge in [-0.15, -0.1) is 0 Å². The van der Waals surface area contributed by atoms with E-state index in [1.807, 2.05) is 33.0 Å². The fourth-order valence-electron chi connectivity index (χ4n) is 4.27. The zero-order valence-electron chi connectivity index (χ0n) is 16.3. The third-order valence-corrected chi connectivity index (χ3v) is 5.66. The average molecular weight is 357 g/mol. The van der Waals surface area contributed by atoms with E-state index in [0.29, 0.717) is 6.54 Å². The molecule has 2 fully saturated rings. The van der Waals surface area contributed by atoms with Crippen LogP contribution in [0, 0.1) is 13.8 Å². The Labute approximate surface area is 156 Å². The number of anilines is 1. The number of likely N-dealkylation sites (tertiary alicyclic amines) is 1. The number of benzene rings is 1. The molecule has 1 aromatic rings. The van der Waals surface area contributed by atoms with E-state index in [-0.39, 0.29) is 24.0 Å². The number of rotatable bonds is 3. The molecule has 0 spiro atoms. The van der Waals surface area contributed by atoms with Crippen LogP contribution in [0.2, 0.25) is 0 Å². The Balaban J connectivity index is 1.68. The maximum absolute atomic E-state index is 13.1. The molecule has 1 N–H and O–H groups in total. The van der Waals surface area contributed by atoms with Crippen LogP contribution in [0.25, 0.3) is 0 Å². The number of carbonyl (C=O) groups excluding carboxylic acids is 2. The van der Waals surface area contributed by atoms with Crippen molar-refractivity contribution in [2.24, 2.45) is 0 Å². The lowest BCUT2D eigenvalue weighted by Gasteiger charge is -2.31. The highest BCUT2D eigenvalue weighted by atomic mass is 16.2. The van der Waals surface area contributed by atoms with Gasteiger partial charge in [0.05, 0.1) is 0 Å². The minimum absolute atomic E-state index is 0.00583. The Hall–Kier alpha value is -2.04. The standard InChI is InChI=1S/C21H31N3O2/c1-15-12-16(2)14-18(13-15)23(3)20(25)19-10-7-11-24(19)21(26)22-17-8-5-4-6-9-17/h12-14,17,19H,4-11H2,1-3H3,(H,22,26)/t19-/m1/s1. The zero-order valence-corrected chi connectivity index (χ0v) is 16.3. The second-order valence-corrected chi connectivity index (χ2v) is 7.88. The van der Waals surface area contributed by atoms with Crippen molar-refractivity contribution in [3.05, 3.63) is 29.3 Å². The van der Waals surface area contributed by atoms with Crippen molar-refractivity contribution < 1.29 is 9.59 Å². The van der Waals surface area contributed by atoms with E-state index in [4.69, 9.17) is 0 Å². The van der Waals surface area contributed by atoms with Crippen molar-refractivity contribution >= 4 is 17.6 Å². The fraction of sp³-hybridized carbons (Fsp3) is 0.619. The summed E-state index contributed by atoms with van der Waals surface area (Å²) in [6.07, 6.45) is 7.37. The summed E-state index contributed by atoms with van der Waals surface area (Å²) in [5, 5.41) is 3.16. The van der Waals surface area contributed by atoms with Gasteiger partial charge in [-0.1, -0.05) is 25.3 Å². The molecule has 0 aromatic heterocycles. The summed E-state index contributed by atoms with van der Waals surface area (Å²) in [4.78, 5) is 29.3. The van der Waals surface area contributed by atoms with E-state index < -0.39 is 0 Å². The molecule has 1 saturated carbocycles. The third kappa shape index (κ3) is 4.19. The number of hydrogen-bond donors (Lipinski definition) is 1. The first-order valence-electron chi connectivity index (χ1n) is 9.88. The van der Waals surface area contributed by atoms with Crippen LogP contribution < -0.4 is 10.2 Å². The van der Waals surface area contributed by atoms with Crippen LogP contribution in [0.3, 0.4) is 0 Å². The molecule has 0 radical (unpaired) electrons. The first kappa shape index (κ1) is 18.7. The van der Waals surface area contributed by atoms with Gasteiger partial charge in [-0.05, 0) is 62.8 Å². The molecule has 2 aliphatic rings. The van der Waals surface area contributed by atoms with Crippen LogP contribution in [0.4, 0.5) is 10.5 Å². The van der Waals surface area contributed by atoms with Crippen LogP contribution >= 0.6 is 0 Å². The van der Waals surface area contributed by atoms with E-state index in [1.54, 1.807) is 9.80 Å². The molecule has 26 heavy (non-hydrogen) atoms. The lowest BCUT2D eigenvalue weighted by atomic mass is 9.96. The number of likely N-dealkylation sites (N-methyl/N-ethyl adjacent to an activating group) is 1. The van der Waals surface area contributed by atoms with Gasteiger partial charge in [0.25, 0.3) is 0 Å². The van der Waals surface area contributed by atoms with Gasteiger partial charge < -0.3 is 15.1 Å². The number of hydrogen-bond acceptors (Lipinski definition) is 2. The topological polar surface area (TPSA) is 52.7 Å². The van der Waals surface area contributed by atoms with Gasteiger partial charge in [0.2, 0.25) is 5.91 Å². The Kier molecular flexibility index (Phi) is 5.84. The van der Waals surface area contributed by atoms with Crippen molar-refractivity contribution in [1.29, 1.82) is 0 Å². The van der Waals surface area contributed by atoms with Crippen molar-refractivity contribution in [3.8, 4) is 0 Å². The number of amides is 3. The highest BCUT2D eigenvalue weighted by Gasteiger charge is 2.36. The molecule has 5 heteroatoms. The molecule has 3 rings (SSSR count). The van der Waals surface area contributed by atoms with Gasteiger partial charge in [-0.25, -0.2) is 4.79 Å². The lowest BCUT2D eigenvalue weighted by Crippen LogP contribution is -2.52. The van der Waals surface area contributed by atoms with Crippen molar-refractivity contribution in [1.82, 2.24) is 10.2 Å². The molecule has 1 saturated heterocycles. The lowest BCUT2D eigenvalue weighted by molar-refractivity contribution is -0.121. The molecule has 3 amide bonds. The minimum atomic E-state index is -0.357. The number of nitrogens with one attached hydrogen (secondary N) is 1. The highest BCUT2D eigenvalue weighted by Crippen LogP contribution is 2.25. The highest BCUT2D eigenvalue weighted by molar-refractivity contribution is 5.99. The molecule has 1 heterocycles. The predicted molar refractivity (Wildman–Crippen MR) is 104 cm³/mol. The molecule has 142 valence electrons. The Morgan fingerprint density at radius 2 is 1.65 bits per heavy atom. The number of nitrogens with zero attached hydrogens (tertiary/aromatic N) is 2.